The highest BCUT2D eigenvalue weighted by molar-refractivity contribution is 5.94. The van der Waals surface area contributed by atoms with E-state index in [0.717, 1.165) is 22.7 Å². The summed E-state index contributed by atoms with van der Waals surface area (Å²) in [7, 11) is 1.63. The molecule has 2 aromatic carbocycles. The lowest BCUT2D eigenvalue weighted by atomic mass is 9.96. The van der Waals surface area contributed by atoms with Gasteiger partial charge in [-0.25, -0.2) is 4.79 Å². The Kier molecular flexibility index (Phi) is 6.30. The van der Waals surface area contributed by atoms with E-state index in [1.807, 2.05) is 60.4 Å². The summed E-state index contributed by atoms with van der Waals surface area (Å²) in [5, 5.41) is 3.02. The van der Waals surface area contributed by atoms with E-state index in [-0.39, 0.29) is 24.0 Å². The summed E-state index contributed by atoms with van der Waals surface area (Å²) in [6.45, 7) is 4.14. The molecule has 7 heteroatoms. The maximum Gasteiger partial charge on any atom is 0.324 e. The van der Waals surface area contributed by atoms with E-state index >= 15 is 0 Å². The van der Waals surface area contributed by atoms with Crippen molar-refractivity contribution in [2.75, 3.05) is 31.6 Å². The van der Waals surface area contributed by atoms with E-state index in [1.54, 1.807) is 12.0 Å². The second-order valence-corrected chi connectivity index (χ2v) is 8.12. The first kappa shape index (κ1) is 21.0. The third-order valence-corrected chi connectivity index (χ3v) is 5.92. The fraction of sp³-hybridized carbons (Fsp3) is 0.417. The van der Waals surface area contributed by atoms with Crippen molar-refractivity contribution in [3.05, 3.63) is 54.1 Å². The van der Waals surface area contributed by atoms with Crippen LogP contribution < -0.4 is 19.7 Å². The number of carbonyl (C=O) groups is 2. The quantitative estimate of drug-likeness (QED) is 0.818. The van der Waals surface area contributed by atoms with E-state index in [2.05, 4.69) is 5.32 Å². The average Bonchev–Trinajstić information content (AvgIpc) is 2.82. The van der Waals surface area contributed by atoms with Crippen LogP contribution in [-0.2, 0) is 11.3 Å². The maximum atomic E-state index is 13.2. The van der Waals surface area contributed by atoms with Crippen molar-refractivity contribution < 1.29 is 19.1 Å². The molecule has 0 radical (unpaired) electrons. The minimum absolute atomic E-state index is 0.0142. The van der Waals surface area contributed by atoms with E-state index in [0.29, 0.717) is 39.0 Å². The molecule has 0 saturated carbocycles. The minimum atomic E-state index is -0.0711. The number of para-hydroxylation sites is 2. The van der Waals surface area contributed by atoms with Crippen LogP contribution in [0.15, 0.2) is 48.5 Å². The van der Waals surface area contributed by atoms with Gasteiger partial charge in [0, 0.05) is 25.6 Å². The van der Waals surface area contributed by atoms with Crippen LogP contribution in [0.5, 0.6) is 11.5 Å². The fourth-order valence-electron chi connectivity index (χ4n) is 4.15. The summed E-state index contributed by atoms with van der Waals surface area (Å²) in [5.41, 5.74) is 1.84. The van der Waals surface area contributed by atoms with Gasteiger partial charge in [-0.05, 0) is 49.6 Å². The lowest BCUT2D eigenvalue weighted by Crippen LogP contribution is -2.52. The maximum absolute atomic E-state index is 13.2. The third kappa shape index (κ3) is 4.76. The molecule has 3 amide bonds. The summed E-state index contributed by atoms with van der Waals surface area (Å²) in [6.07, 6.45) is 1.28. The molecule has 164 valence electrons. The molecule has 1 N–H and O–H groups in total. The normalized spacial score (nSPS) is 18.7. The molecule has 7 nitrogen and oxygen atoms in total. The minimum Gasteiger partial charge on any atom is -0.497 e. The van der Waals surface area contributed by atoms with Crippen molar-refractivity contribution in [1.29, 1.82) is 0 Å². The van der Waals surface area contributed by atoms with Gasteiger partial charge in [0.25, 0.3) is 0 Å². The number of likely N-dealkylation sites (tertiary alicyclic amines) is 1. The van der Waals surface area contributed by atoms with E-state index in [1.165, 1.54) is 0 Å². The Morgan fingerprint density at radius 1 is 1.10 bits per heavy atom. The molecule has 0 aromatic heterocycles. The summed E-state index contributed by atoms with van der Waals surface area (Å²) < 4.78 is 11.0. The molecule has 0 bridgehead atoms. The molecule has 2 heterocycles. The zero-order chi connectivity index (χ0) is 21.8. The Hall–Kier alpha value is -3.22. The molecule has 4 rings (SSSR count). The van der Waals surface area contributed by atoms with Gasteiger partial charge in [-0.15, -0.1) is 0 Å². The Morgan fingerprint density at radius 3 is 2.52 bits per heavy atom. The Labute approximate surface area is 182 Å². The second-order valence-electron chi connectivity index (χ2n) is 8.12. The Bertz CT molecular complexity index is 923. The number of urea groups is 1. The first-order valence-electron chi connectivity index (χ1n) is 10.8. The Balaban J connectivity index is 1.30. The number of hydrogen-bond acceptors (Lipinski definition) is 4. The fourth-order valence-corrected chi connectivity index (χ4v) is 4.15. The average molecular weight is 424 g/mol. The van der Waals surface area contributed by atoms with E-state index < -0.39 is 0 Å². The van der Waals surface area contributed by atoms with Gasteiger partial charge in [-0.3, -0.25) is 9.69 Å². The number of hydrogen-bond donors (Lipinski definition) is 1. The number of nitrogens with one attached hydrogen (secondary N) is 1. The summed E-state index contributed by atoms with van der Waals surface area (Å²) in [5.74, 6) is 1.51. The summed E-state index contributed by atoms with van der Waals surface area (Å²) in [4.78, 5) is 29.4. The number of amides is 3. The summed E-state index contributed by atoms with van der Waals surface area (Å²) >= 11 is 0. The molecular weight excluding hydrogens is 394 g/mol. The van der Waals surface area contributed by atoms with Crippen LogP contribution in [0.2, 0.25) is 0 Å². The van der Waals surface area contributed by atoms with Crippen molar-refractivity contribution in [3.8, 4) is 11.5 Å². The zero-order valence-corrected chi connectivity index (χ0v) is 18.0. The molecule has 2 aromatic rings. The van der Waals surface area contributed by atoms with Crippen LogP contribution in [0, 0.1) is 5.92 Å². The van der Waals surface area contributed by atoms with Crippen molar-refractivity contribution in [2.45, 2.75) is 32.4 Å². The smallest absolute Gasteiger partial charge is 0.324 e. The highest BCUT2D eigenvalue weighted by Gasteiger charge is 2.33. The molecule has 0 unspecified atom stereocenters. The van der Waals surface area contributed by atoms with Gasteiger partial charge in [-0.1, -0.05) is 24.3 Å². The standard InChI is InChI=1S/C24H29N3O4/c1-17-16-27(21-5-3-4-6-22(21)31-17)24(29)26-13-11-19(12-14-26)23(28)25-15-18-7-9-20(30-2)10-8-18/h3-10,17,19H,11-16H2,1-2H3,(H,25,28)/t17-/m0/s1. The molecule has 2 aliphatic heterocycles. The van der Waals surface area contributed by atoms with Gasteiger partial charge < -0.3 is 19.7 Å². The van der Waals surface area contributed by atoms with Gasteiger partial charge in [0.2, 0.25) is 5.91 Å². The van der Waals surface area contributed by atoms with Crippen molar-refractivity contribution >= 4 is 17.6 Å². The number of nitrogens with zero attached hydrogens (tertiary/aromatic N) is 2. The molecule has 2 aliphatic rings. The number of carbonyl (C=O) groups excluding carboxylic acids is 2. The van der Waals surface area contributed by atoms with Gasteiger partial charge in [0.1, 0.15) is 17.6 Å². The van der Waals surface area contributed by atoms with Crippen molar-refractivity contribution in [2.24, 2.45) is 5.92 Å². The van der Waals surface area contributed by atoms with Crippen LogP contribution in [0.1, 0.15) is 25.3 Å². The number of rotatable bonds is 4. The topological polar surface area (TPSA) is 71.1 Å². The largest absolute Gasteiger partial charge is 0.497 e. The second kappa shape index (κ2) is 9.29. The highest BCUT2D eigenvalue weighted by atomic mass is 16.5. The van der Waals surface area contributed by atoms with E-state index in [9.17, 15) is 9.59 Å². The monoisotopic (exact) mass is 423 g/mol. The van der Waals surface area contributed by atoms with Crippen LogP contribution in [0.3, 0.4) is 0 Å². The highest BCUT2D eigenvalue weighted by Crippen LogP contribution is 2.34. The number of anilines is 1. The molecule has 1 saturated heterocycles. The van der Waals surface area contributed by atoms with Gasteiger partial charge in [0.15, 0.2) is 0 Å². The third-order valence-electron chi connectivity index (χ3n) is 5.92. The first-order chi connectivity index (χ1) is 15.0. The predicted molar refractivity (Wildman–Crippen MR) is 118 cm³/mol. The molecule has 1 atom stereocenters. The summed E-state index contributed by atoms with van der Waals surface area (Å²) in [6, 6.07) is 15.3. The lowest BCUT2D eigenvalue weighted by molar-refractivity contribution is -0.126. The van der Waals surface area contributed by atoms with Gasteiger partial charge >= 0.3 is 6.03 Å². The molecule has 1 fully saturated rings. The number of benzene rings is 2. The van der Waals surface area contributed by atoms with Crippen LogP contribution in [0.25, 0.3) is 0 Å². The molecule has 0 aliphatic carbocycles. The van der Waals surface area contributed by atoms with E-state index in [4.69, 9.17) is 9.47 Å². The number of methoxy groups -OCH3 is 1. The van der Waals surface area contributed by atoms with Crippen LogP contribution in [0.4, 0.5) is 10.5 Å². The lowest BCUT2D eigenvalue weighted by Gasteiger charge is -2.39. The van der Waals surface area contributed by atoms with Gasteiger partial charge in [-0.2, -0.15) is 0 Å². The molecular formula is C24H29N3O4. The van der Waals surface area contributed by atoms with Crippen LogP contribution in [-0.4, -0.2) is 49.7 Å². The molecule has 0 spiro atoms. The molecule has 31 heavy (non-hydrogen) atoms. The first-order valence-corrected chi connectivity index (χ1v) is 10.8. The number of ether oxygens (including phenoxy) is 2. The predicted octanol–water partition coefficient (Wildman–Crippen LogP) is 3.43. The van der Waals surface area contributed by atoms with Crippen molar-refractivity contribution in [1.82, 2.24) is 10.2 Å². The number of fused-ring (bicyclic) bond motifs is 1. The SMILES string of the molecule is COc1ccc(CNC(=O)C2CCN(C(=O)N3C[C@H](C)Oc4ccccc43)CC2)cc1. The van der Waals surface area contributed by atoms with Crippen molar-refractivity contribution in [3.63, 3.8) is 0 Å². The van der Waals surface area contributed by atoms with Crippen LogP contribution >= 0.6 is 0 Å². The number of piperidine rings is 1. The zero-order valence-electron chi connectivity index (χ0n) is 18.0. The Morgan fingerprint density at radius 2 is 1.81 bits per heavy atom. The van der Waals surface area contributed by atoms with Gasteiger partial charge in [0.05, 0.1) is 19.3 Å².